The van der Waals surface area contributed by atoms with E-state index in [9.17, 15) is 0 Å². The molecule has 2 rings (SSSR count). The molecule has 16 heavy (non-hydrogen) atoms. The standard InChI is InChI=1S/C12H18NO2P/c1-12(2)9-13(16(14-3)15-10-12)11-7-5-4-6-8-11/h4-8H,9-10H2,1-3H3. The highest BCUT2D eigenvalue weighted by Crippen LogP contribution is 2.50. The quantitative estimate of drug-likeness (QED) is 0.738. The van der Waals surface area contributed by atoms with Crippen LogP contribution in [0.15, 0.2) is 30.3 Å². The van der Waals surface area contributed by atoms with Gasteiger partial charge in [-0.15, -0.1) is 0 Å². The molecule has 1 atom stereocenters. The zero-order chi connectivity index (χ0) is 11.6. The number of para-hydroxylation sites is 1. The number of hydrogen-bond donors (Lipinski definition) is 0. The Balaban J connectivity index is 2.22. The highest BCUT2D eigenvalue weighted by atomic mass is 31.2. The summed E-state index contributed by atoms with van der Waals surface area (Å²) in [5, 5.41) is 0. The van der Waals surface area contributed by atoms with Gasteiger partial charge in [0, 0.05) is 24.8 Å². The van der Waals surface area contributed by atoms with E-state index in [2.05, 4.69) is 30.7 Å². The highest BCUT2D eigenvalue weighted by Gasteiger charge is 2.35. The van der Waals surface area contributed by atoms with Crippen molar-refractivity contribution in [2.75, 3.05) is 24.9 Å². The highest BCUT2D eigenvalue weighted by molar-refractivity contribution is 7.49. The smallest absolute Gasteiger partial charge is 0.289 e. The van der Waals surface area contributed by atoms with Crippen LogP contribution in [0.3, 0.4) is 0 Å². The minimum Gasteiger partial charge on any atom is -0.321 e. The van der Waals surface area contributed by atoms with E-state index in [-0.39, 0.29) is 5.41 Å². The molecule has 1 aromatic carbocycles. The Morgan fingerprint density at radius 2 is 2.00 bits per heavy atom. The molecule has 88 valence electrons. The molecular formula is C12H18NO2P. The second kappa shape index (κ2) is 4.70. The van der Waals surface area contributed by atoms with Gasteiger partial charge in [-0.05, 0) is 12.1 Å². The molecule has 1 saturated heterocycles. The van der Waals surface area contributed by atoms with Crippen molar-refractivity contribution in [1.29, 1.82) is 0 Å². The molecule has 0 aromatic heterocycles. The van der Waals surface area contributed by atoms with Gasteiger partial charge in [-0.25, -0.2) is 0 Å². The van der Waals surface area contributed by atoms with E-state index in [0.717, 1.165) is 13.2 Å². The summed E-state index contributed by atoms with van der Waals surface area (Å²) in [7, 11) is 0.774. The number of nitrogens with zero attached hydrogens (tertiary/aromatic N) is 1. The van der Waals surface area contributed by atoms with Crippen LogP contribution in [-0.2, 0) is 9.05 Å². The molecule has 1 aliphatic heterocycles. The summed E-state index contributed by atoms with van der Waals surface area (Å²) in [6.45, 7) is 6.16. The van der Waals surface area contributed by atoms with Gasteiger partial charge in [0.2, 0.25) is 0 Å². The van der Waals surface area contributed by atoms with E-state index >= 15 is 0 Å². The van der Waals surface area contributed by atoms with Crippen LogP contribution in [-0.4, -0.2) is 20.3 Å². The number of anilines is 1. The van der Waals surface area contributed by atoms with E-state index < -0.39 is 8.53 Å². The number of benzene rings is 1. The summed E-state index contributed by atoms with van der Waals surface area (Å²) < 4.78 is 13.4. The molecular weight excluding hydrogens is 221 g/mol. The molecule has 1 heterocycles. The second-order valence-corrected chi connectivity index (χ2v) is 6.33. The first-order valence-corrected chi connectivity index (χ1v) is 6.55. The fourth-order valence-corrected chi connectivity index (χ4v) is 3.47. The first kappa shape index (κ1) is 11.8. The number of rotatable bonds is 2. The predicted molar refractivity (Wildman–Crippen MR) is 67.5 cm³/mol. The Morgan fingerprint density at radius 1 is 1.31 bits per heavy atom. The minimum atomic E-state index is -0.934. The Morgan fingerprint density at radius 3 is 2.62 bits per heavy atom. The SMILES string of the molecule is COP1OCC(C)(C)CN1c1ccccc1. The molecule has 1 aliphatic rings. The van der Waals surface area contributed by atoms with Gasteiger partial charge in [0.1, 0.15) is 0 Å². The zero-order valence-corrected chi connectivity index (χ0v) is 10.9. The van der Waals surface area contributed by atoms with Crippen molar-refractivity contribution in [3.63, 3.8) is 0 Å². The Labute approximate surface area is 98.3 Å². The van der Waals surface area contributed by atoms with Crippen LogP contribution in [0.4, 0.5) is 5.69 Å². The summed E-state index contributed by atoms with van der Waals surface area (Å²) >= 11 is 0. The molecule has 1 aromatic rings. The van der Waals surface area contributed by atoms with E-state index in [1.165, 1.54) is 5.69 Å². The van der Waals surface area contributed by atoms with E-state index in [1.807, 2.05) is 18.2 Å². The first-order chi connectivity index (χ1) is 7.62. The Kier molecular flexibility index (Phi) is 3.48. The molecule has 1 fully saturated rings. The van der Waals surface area contributed by atoms with Crippen LogP contribution in [0.2, 0.25) is 0 Å². The van der Waals surface area contributed by atoms with Gasteiger partial charge >= 0.3 is 0 Å². The lowest BCUT2D eigenvalue weighted by molar-refractivity contribution is 0.156. The average molecular weight is 239 g/mol. The molecule has 0 spiro atoms. The molecule has 1 unspecified atom stereocenters. The number of hydrogen-bond acceptors (Lipinski definition) is 3. The van der Waals surface area contributed by atoms with Gasteiger partial charge < -0.3 is 13.7 Å². The van der Waals surface area contributed by atoms with Crippen LogP contribution in [0.5, 0.6) is 0 Å². The van der Waals surface area contributed by atoms with Gasteiger partial charge in [0.05, 0.1) is 6.61 Å². The van der Waals surface area contributed by atoms with Gasteiger partial charge in [0.25, 0.3) is 8.53 Å². The summed E-state index contributed by atoms with van der Waals surface area (Å²) in [4.78, 5) is 0. The van der Waals surface area contributed by atoms with Gasteiger partial charge in [-0.3, -0.25) is 0 Å². The second-order valence-electron chi connectivity index (χ2n) is 4.75. The fourth-order valence-electron chi connectivity index (χ4n) is 1.75. The molecule has 4 heteroatoms. The lowest BCUT2D eigenvalue weighted by Crippen LogP contribution is -2.39. The third-order valence-electron chi connectivity index (χ3n) is 2.55. The molecule has 0 saturated carbocycles. The lowest BCUT2D eigenvalue weighted by Gasteiger charge is -2.42. The normalized spacial score (nSPS) is 24.4. The topological polar surface area (TPSA) is 21.7 Å². The van der Waals surface area contributed by atoms with Crippen molar-refractivity contribution in [3.8, 4) is 0 Å². The summed E-state index contributed by atoms with van der Waals surface area (Å²) in [5.74, 6) is 0. The van der Waals surface area contributed by atoms with Crippen LogP contribution < -0.4 is 4.67 Å². The van der Waals surface area contributed by atoms with E-state index in [4.69, 9.17) is 9.05 Å². The van der Waals surface area contributed by atoms with Gasteiger partial charge in [-0.2, -0.15) is 0 Å². The molecule has 3 nitrogen and oxygen atoms in total. The summed E-state index contributed by atoms with van der Waals surface area (Å²) in [6, 6.07) is 10.3. The molecule has 0 radical (unpaired) electrons. The van der Waals surface area contributed by atoms with Gasteiger partial charge in [0.15, 0.2) is 0 Å². The minimum absolute atomic E-state index is 0.174. The monoisotopic (exact) mass is 239 g/mol. The molecule has 0 aliphatic carbocycles. The maximum absolute atomic E-state index is 5.78. The van der Waals surface area contributed by atoms with Gasteiger partial charge in [-0.1, -0.05) is 32.0 Å². The van der Waals surface area contributed by atoms with E-state index in [1.54, 1.807) is 7.11 Å². The fraction of sp³-hybridized carbons (Fsp3) is 0.500. The molecule has 0 N–H and O–H groups in total. The van der Waals surface area contributed by atoms with Crippen molar-refractivity contribution in [2.24, 2.45) is 5.41 Å². The van der Waals surface area contributed by atoms with Crippen LogP contribution in [0, 0.1) is 5.41 Å². The van der Waals surface area contributed by atoms with Crippen molar-refractivity contribution < 1.29 is 9.05 Å². The summed E-state index contributed by atoms with van der Waals surface area (Å²) in [5.41, 5.74) is 1.34. The first-order valence-electron chi connectivity index (χ1n) is 5.42. The maximum atomic E-state index is 5.78. The van der Waals surface area contributed by atoms with Crippen molar-refractivity contribution in [2.45, 2.75) is 13.8 Å². The summed E-state index contributed by atoms with van der Waals surface area (Å²) in [6.07, 6.45) is 0. The Hall–Kier alpha value is -0.630. The van der Waals surface area contributed by atoms with Crippen LogP contribution in [0.25, 0.3) is 0 Å². The Bertz CT molecular complexity index is 342. The maximum Gasteiger partial charge on any atom is 0.289 e. The van der Waals surface area contributed by atoms with Crippen molar-refractivity contribution in [1.82, 2.24) is 0 Å². The lowest BCUT2D eigenvalue weighted by atomic mass is 9.95. The van der Waals surface area contributed by atoms with Crippen molar-refractivity contribution in [3.05, 3.63) is 30.3 Å². The predicted octanol–water partition coefficient (Wildman–Crippen LogP) is 3.42. The molecule has 0 bridgehead atoms. The largest absolute Gasteiger partial charge is 0.321 e. The molecule has 0 amide bonds. The van der Waals surface area contributed by atoms with Crippen LogP contribution >= 0.6 is 8.53 Å². The van der Waals surface area contributed by atoms with E-state index in [0.29, 0.717) is 0 Å². The third-order valence-corrected chi connectivity index (χ3v) is 3.98. The third kappa shape index (κ3) is 2.54. The average Bonchev–Trinajstić information content (AvgIpc) is 2.29. The zero-order valence-electron chi connectivity index (χ0n) is 10.0. The van der Waals surface area contributed by atoms with Crippen molar-refractivity contribution >= 4 is 14.2 Å². The van der Waals surface area contributed by atoms with Crippen LogP contribution in [0.1, 0.15) is 13.8 Å².